The summed E-state index contributed by atoms with van der Waals surface area (Å²) < 4.78 is 15.1. The van der Waals surface area contributed by atoms with Crippen LogP contribution in [0.1, 0.15) is 32.6 Å². The van der Waals surface area contributed by atoms with Gasteiger partial charge in [-0.15, -0.1) is 0 Å². The van der Waals surface area contributed by atoms with Crippen LogP contribution in [0.15, 0.2) is 12.2 Å². The minimum absolute atomic E-state index is 0.138. The number of hydrogen-bond donors (Lipinski definition) is 0. The topological polar surface area (TPSA) is 48.0 Å². The number of amides is 1. The average Bonchev–Trinajstić information content (AvgIpc) is 2.43. The van der Waals surface area contributed by atoms with Crippen molar-refractivity contribution in [3.05, 3.63) is 12.2 Å². The van der Waals surface area contributed by atoms with Crippen LogP contribution in [-0.4, -0.2) is 50.7 Å². The number of likely N-dealkylation sites (tertiary alicyclic amines) is 1. The highest BCUT2D eigenvalue weighted by atomic mass is 16.7. The molecule has 0 aromatic heterocycles. The molecule has 19 heavy (non-hydrogen) atoms. The van der Waals surface area contributed by atoms with Gasteiger partial charge in [0, 0.05) is 13.2 Å². The molecule has 1 saturated heterocycles. The molecule has 1 fully saturated rings. The minimum Gasteiger partial charge on any atom is -0.453 e. The maximum Gasteiger partial charge on any atom is 0.410 e. The second kappa shape index (κ2) is 8.93. The monoisotopic (exact) mass is 271 g/mol. The van der Waals surface area contributed by atoms with Crippen LogP contribution in [0.2, 0.25) is 0 Å². The van der Waals surface area contributed by atoms with E-state index in [-0.39, 0.29) is 18.2 Å². The van der Waals surface area contributed by atoms with Gasteiger partial charge in [-0.1, -0.05) is 12.2 Å². The molecular weight excluding hydrogens is 246 g/mol. The molecule has 1 aliphatic heterocycles. The molecule has 0 N–H and O–H groups in total. The lowest BCUT2D eigenvalue weighted by atomic mass is 9.94. The molecule has 1 aliphatic rings. The fourth-order valence-electron chi connectivity index (χ4n) is 2.56. The molecule has 0 radical (unpaired) electrons. The van der Waals surface area contributed by atoms with Crippen LogP contribution in [0, 0.1) is 0 Å². The highest BCUT2D eigenvalue weighted by molar-refractivity contribution is 5.68. The Bertz CT molecular complexity index is 293. The molecule has 1 rings (SSSR count). The van der Waals surface area contributed by atoms with Gasteiger partial charge in [0.1, 0.15) is 6.79 Å². The minimum atomic E-state index is -0.250. The molecule has 5 heteroatoms. The number of hydrogen-bond acceptors (Lipinski definition) is 4. The van der Waals surface area contributed by atoms with Crippen LogP contribution in [0.5, 0.6) is 0 Å². The fraction of sp³-hybridized carbons (Fsp3) is 0.786. The summed E-state index contributed by atoms with van der Waals surface area (Å²) in [6.45, 7) is 2.86. The third-order valence-electron chi connectivity index (χ3n) is 3.38. The van der Waals surface area contributed by atoms with Crippen LogP contribution < -0.4 is 0 Å². The van der Waals surface area contributed by atoms with Crippen molar-refractivity contribution in [2.24, 2.45) is 0 Å². The molecule has 0 aromatic carbocycles. The molecule has 0 unspecified atom stereocenters. The predicted molar refractivity (Wildman–Crippen MR) is 72.9 cm³/mol. The van der Waals surface area contributed by atoms with Gasteiger partial charge in [-0.2, -0.15) is 0 Å². The molecular formula is C14H25NO4. The van der Waals surface area contributed by atoms with Crippen molar-refractivity contribution >= 4 is 6.09 Å². The van der Waals surface area contributed by atoms with Crippen molar-refractivity contribution in [1.29, 1.82) is 0 Å². The number of carbonyl (C=O) groups is 1. The van der Waals surface area contributed by atoms with E-state index in [1.165, 1.54) is 7.11 Å². The average molecular weight is 271 g/mol. The molecule has 0 spiro atoms. The third kappa shape index (κ3) is 4.84. The molecule has 1 heterocycles. The van der Waals surface area contributed by atoms with Crippen molar-refractivity contribution in [3.63, 3.8) is 0 Å². The number of allylic oxidation sites excluding steroid dienone is 1. The van der Waals surface area contributed by atoms with Crippen molar-refractivity contribution in [2.75, 3.05) is 27.6 Å². The molecule has 1 amide bonds. The maximum absolute atomic E-state index is 12.0. The van der Waals surface area contributed by atoms with Crippen molar-refractivity contribution in [1.82, 2.24) is 4.90 Å². The highest BCUT2D eigenvalue weighted by Crippen LogP contribution is 2.26. The van der Waals surface area contributed by atoms with Gasteiger partial charge < -0.3 is 14.2 Å². The van der Waals surface area contributed by atoms with E-state index >= 15 is 0 Å². The Balaban J connectivity index is 2.61. The van der Waals surface area contributed by atoms with E-state index in [0.717, 1.165) is 25.7 Å². The summed E-state index contributed by atoms with van der Waals surface area (Å²) in [5, 5.41) is 0. The number of rotatable bonds is 6. The molecule has 0 aliphatic carbocycles. The van der Waals surface area contributed by atoms with E-state index < -0.39 is 0 Å². The summed E-state index contributed by atoms with van der Waals surface area (Å²) >= 11 is 0. The Kier molecular flexibility index (Phi) is 7.52. The summed E-state index contributed by atoms with van der Waals surface area (Å²) in [5.74, 6) is 0. The summed E-state index contributed by atoms with van der Waals surface area (Å²) in [5.41, 5.74) is 0. The number of methoxy groups -OCH3 is 2. The molecule has 2 atom stereocenters. The van der Waals surface area contributed by atoms with Crippen LogP contribution in [0.25, 0.3) is 0 Å². The van der Waals surface area contributed by atoms with Gasteiger partial charge in [-0.3, -0.25) is 4.90 Å². The molecule has 0 aromatic rings. The quantitative estimate of drug-likeness (QED) is 0.423. The van der Waals surface area contributed by atoms with Gasteiger partial charge >= 0.3 is 6.09 Å². The number of piperidine rings is 1. The lowest BCUT2D eigenvalue weighted by Gasteiger charge is -2.40. The number of ether oxygens (including phenoxy) is 3. The van der Waals surface area contributed by atoms with E-state index in [1.807, 2.05) is 17.9 Å². The molecule has 110 valence electrons. The molecule has 0 saturated carbocycles. The first-order valence-electron chi connectivity index (χ1n) is 6.80. The summed E-state index contributed by atoms with van der Waals surface area (Å²) in [6.07, 6.45) is 7.74. The first kappa shape index (κ1) is 16.0. The Hall–Kier alpha value is -1.07. The lowest BCUT2D eigenvalue weighted by Crippen LogP contribution is -2.49. The van der Waals surface area contributed by atoms with Crippen LogP contribution in [0.3, 0.4) is 0 Å². The standard InChI is InChI=1S/C14H25NO4/c1-4-6-12-7-5-8-13(9-10-19-11-17-2)15(12)14(16)18-3/h4,6,12-13H,5,7-11H2,1-3H3/b6-4-/t12-,13-/m1/s1. The normalized spacial score (nSPS) is 23.8. The molecule has 5 nitrogen and oxygen atoms in total. The number of nitrogens with zero attached hydrogens (tertiary/aromatic N) is 1. The van der Waals surface area contributed by atoms with Gasteiger partial charge in [0.25, 0.3) is 0 Å². The lowest BCUT2D eigenvalue weighted by molar-refractivity contribution is -0.0391. The van der Waals surface area contributed by atoms with E-state index in [9.17, 15) is 4.79 Å². The van der Waals surface area contributed by atoms with E-state index in [2.05, 4.69) is 6.08 Å². The smallest absolute Gasteiger partial charge is 0.410 e. The zero-order chi connectivity index (χ0) is 14.1. The first-order valence-corrected chi connectivity index (χ1v) is 6.80. The van der Waals surface area contributed by atoms with Gasteiger partial charge in [0.05, 0.1) is 19.8 Å². The Morgan fingerprint density at radius 2 is 2.16 bits per heavy atom. The Labute approximate surface area is 115 Å². The summed E-state index contributed by atoms with van der Waals surface area (Å²) in [4.78, 5) is 13.8. The first-order chi connectivity index (χ1) is 9.24. The summed E-state index contributed by atoms with van der Waals surface area (Å²) in [6, 6.07) is 0.317. The maximum atomic E-state index is 12.0. The Morgan fingerprint density at radius 1 is 1.37 bits per heavy atom. The van der Waals surface area contributed by atoms with E-state index in [4.69, 9.17) is 14.2 Å². The van der Waals surface area contributed by atoms with Crippen LogP contribution >= 0.6 is 0 Å². The van der Waals surface area contributed by atoms with Gasteiger partial charge in [-0.05, 0) is 32.6 Å². The zero-order valence-corrected chi connectivity index (χ0v) is 12.1. The van der Waals surface area contributed by atoms with Gasteiger partial charge in [-0.25, -0.2) is 4.79 Å². The van der Waals surface area contributed by atoms with E-state index in [1.54, 1.807) is 7.11 Å². The largest absolute Gasteiger partial charge is 0.453 e. The predicted octanol–water partition coefficient (Wildman–Crippen LogP) is 2.56. The number of carbonyl (C=O) groups excluding carboxylic acids is 1. The van der Waals surface area contributed by atoms with E-state index in [0.29, 0.717) is 13.4 Å². The summed E-state index contributed by atoms with van der Waals surface area (Å²) in [7, 11) is 3.03. The second-order valence-corrected chi connectivity index (χ2v) is 4.66. The van der Waals surface area contributed by atoms with Crippen molar-refractivity contribution in [3.8, 4) is 0 Å². The van der Waals surface area contributed by atoms with Crippen LogP contribution in [0.4, 0.5) is 4.79 Å². The van der Waals surface area contributed by atoms with Gasteiger partial charge in [0.15, 0.2) is 0 Å². The SMILES string of the molecule is C/C=C\[C@@H]1CCC[C@H](CCOCOC)N1C(=O)OC. The van der Waals surface area contributed by atoms with Gasteiger partial charge in [0.2, 0.25) is 0 Å². The third-order valence-corrected chi connectivity index (χ3v) is 3.38. The molecule has 0 bridgehead atoms. The van der Waals surface area contributed by atoms with Crippen molar-refractivity contribution < 1.29 is 19.0 Å². The van der Waals surface area contributed by atoms with Crippen molar-refractivity contribution in [2.45, 2.75) is 44.7 Å². The zero-order valence-electron chi connectivity index (χ0n) is 12.1. The van der Waals surface area contributed by atoms with Crippen LogP contribution in [-0.2, 0) is 14.2 Å². The highest BCUT2D eigenvalue weighted by Gasteiger charge is 2.33. The fourth-order valence-corrected chi connectivity index (χ4v) is 2.56. The second-order valence-electron chi connectivity index (χ2n) is 4.66. The Morgan fingerprint density at radius 3 is 2.79 bits per heavy atom.